The van der Waals surface area contributed by atoms with Gasteiger partial charge in [0.15, 0.2) is 6.10 Å². The summed E-state index contributed by atoms with van der Waals surface area (Å²) >= 11 is 0. The molecule has 3 rings (SSSR count). The van der Waals surface area contributed by atoms with Gasteiger partial charge in [0.1, 0.15) is 12.2 Å². The quantitative estimate of drug-likeness (QED) is 0.0894. The van der Waals surface area contributed by atoms with Crippen molar-refractivity contribution in [1.29, 1.82) is 0 Å². The number of carbonyl (C=O) groups is 5. The molecule has 0 aromatic heterocycles. The molecule has 1 aromatic carbocycles. The zero-order valence-corrected chi connectivity index (χ0v) is 28.2. The number of benzene rings is 1. The van der Waals surface area contributed by atoms with Gasteiger partial charge in [-0.25, -0.2) is 19.2 Å². The van der Waals surface area contributed by atoms with E-state index >= 15 is 0 Å². The van der Waals surface area contributed by atoms with E-state index in [0.29, 0.717) is 18.8 Å². The average molecular weight is 705 g/mol. The molecule has 14 nitrogen and oxygen atoms in total. The molecule has 5 N–H and O–H groups in total. The van der Waals surface area contributed by atoms with Gasteiger partial charge in [-0.15, -0.1) is 0 Å². The van der Waals surface area contributed by atoms with Crippen LogP contribution in [0.25, 0.3) is 0 Å². The van der Waals surface area contributed by atoms with Crippen LogP contribution in [0.15, 0.2) is 54.6 Å². The molecule has 0 aliphatic carbocycles. The van der Waals surface area contributed by atoms with Crippen molar-refractivity contribution in [1.82, 2.24) is 0 Å². The molecule has 0 unspecified atom stereocenters. The minimum absolute atomic E-state index is 0.123. The Morgan fingerprint density at radius 3 is 2.22 bits per heavy atom. The van der Waals surface area contributed by atoms with Crippen molar-refractivity contribution < 1.29 is 68.5 Å². The molecule has 0 amide bonds. The number of carboxylic acid groups (broad SMARTS) is 3. The van der Waals surface area contributed by atoms with E-state index in [0.717, 1.165) is 18.1 Å². The van der Waals surface area contributed by atoms with Gasteiger partial charge in [0.2, 0.25) is 23.1 Å². The predicted molar refractivity (Wildman–Crippen MR) is 171 cm³/mol. The van der Waals surface area contributed by atoms with Gasteiger partial charge < -0.3 is 44.5 Å². The maximum Gasteiger partial charge on any atom is 0.344 e. The first-order valence-electron chi connectivity index (χ1n) is 16.1. The van der Waals surface area contributed by atoms with Gasteiger partial charge in [-0.3, -0.25) is 4.79 Å². The number of carboxylic acids is 3. The predicted octanol–water partition coefficient (Wildman–Crippen LogP) is 2.88. The minimum Gasteiger partial charge on any atom is -0.479 e. The van der Waals surface area contributed by atoms with Crippen molar-refractivity contribution in [3.63, 3.8) is 0 Å². The molecular formula is C35H46O14. The largest absolute Gasteiger partial charge is 0.479 e. The number of esters is 2. The molecule has 270 valence electrons. The van der Waals surface area contributed by atoms with Crippen molar-refractivity contribution in [3.8, 4) is 0 Å². The molecule has 14 heteroatoms. The maximum atomic E-state index is 13.0. The van der Waals surface area contributed by atoms with Gasteiger partial charge in [-0.2, -0.15) is 0 Å². The number of aliphatic hydroxyl groups excluding tert-OH is 1. The average Bonchev–Trinajstić information content (AvgIpc) is 3.25. The second kappa shape index (κ2) is 15.6. The molecule has 2 aliphatic rings. The summed E-state index contributed by atoms with van der Waals surface area (Å²) in [5, 5.41) is 53.5. The summed E-state index contributed by atoms with van der Waals surface area (Å²) in [6.45, 7) is 12.9. The second-order valence-corrected chi connectivity index (χ2v) is 13.1. The Morgan fingerprint density at radius 2 is 1.69 bits per heavy atom. The van der Waals surface area contributed by atoms with E-state index in [9.17, 15) is 49.5 Å². The molecule has 10 atom stereocenters. The first kappa shape index (κ1) is 39.3. The van der Waals surface area contributed by atoms with Crippen LogP contribution in [0.5, 0.6) is 0 Å². The van der Waals surface area contributed by atoms with Crippen LogP contribution in [-0.4, -0.2) is 96.8 Å². The van der Waals surface area contributed by atoms with E-state index < -0.39 is 77.7 Å². The summed E-state index contributed by atoms with van der Waals surface area (Å²) < 4.78 is 22.0. The Bertz CT molecular complexity index is 1440. The van der Waals surface area contributed by atoms with E-state index in [-0.39, 0.29) is 23.8 Å². The van der Waals surface area contributed by atoms with Crippen LogP contribution in [-0.2, 0) is 49.3 Å². The zero-order chi connectivity index (χ0) is 36.9. The number of aliphatic carboxylic acids is 3. The number of carbonyl (C=O) groups excluding carboxylic acids is 2. The standard InChI is InChI=1S/C35H46O14/c1-7-19(2)17-20(3)13-14-25(37)47-28-27(38)33(48-29(30(39)40)34(45,31(41)42)35(28,49-33)32(43)44)16-15-21(4)26(46-23(6)36)22(5)18-24-11-9-8-10-12-24/h8-14,19-20,22,26-29,38,45H,4,7,15-18H2,1-3,5-6H3,(H,39,40)(H,41,42)(H,43,44)/b14-13+/t19-,20+,22+,26+,27+,28+,29+,33-,34+,35-/m0/s1/i8+2,9+2,10+2,11+2,12+2,18+2,24+2. The number of aliphatic hydroxyl groups is 2. The van der Waals surface area contributed by atoms with Crippen LogP contribution in [0.2, 0.25) is 0 Å². The molecule has 2 heterocycles. The molecule has 2 saturated heterocycles. The lowest BCUT2D eigenvalue weighted by Crippen LogP contribution is -2.78. The number of ether oxygens (including phenoxy) is 4. The molecule has 0 radical (unpaired) electrons. The van der Waals surface area contributed by atoms with E-state index in [1.165, 1.54) is 13.0 Å². The number of rotatable bonds is 17. The summed E-state index contributed by atoms with van der Waals surface area (Å²) in [5.74, 6) is -11.3. The van der Waals surface area contributed by atoms with Crippen molar-refractivity contribution in [3.05, 3.63) is 60.2 Å². The topological polar surface area (TPSA) is 223 Å². The fourth-order valence-electron chi connectivity index (χ4n) is 6.58. The fraction of sp³-hybridized carbons (Fsp3) is 0.571. The smallest absolute Gasteiger partial charge is 0.344 e. The SMILES string of the molecule is C=C(CC[C@]12O[C@H](C(=O)O)[C@@](O)(C(=O)O)[C@](C(=O)O)(O1)[C@H](OC(=O)/C=C/[C@@H](C)C[C@@H](C)CC)[C@H]2O)[C@@H](OC(C)=O)[C@H](C)[14CH2][14c]1[14cH][14cH][14cH][14cH][14cH]1. The fourth-order valence-corrected chi connectivity index (χ4v) is 6.58. The Morgan fingerprint density at radius 1 is 1.06 bits per heavy atom. The number of hydrogen-bond donors (Lipinski definition) is 5. The highest BCUT2D eigenvalue weighted by atomic mass is 16.8. The van der Waals surface area contributed by atoms with E-state index in [4.69, 9.17) is 18.9 Å². The summed E-state index contributed by atoms with van der Waals surface area (Å²) in [6, 6.07) is 9.29. The van der Waals surface area contributed by atoms with Crippen molar-refractivity contribution >= 4 is 29.8 Å². The summed E-state index contributed by atoms with van der Waals surface area (Å²) in [4.78, 5) is 63.0. The summed E-state index contributed by atoms with van der Waals surface area (Å²) in [5.41, 5.74) is -6.27. The minimum atomic E-state index is -3.90. The molecule has 0 spiro atoms. The second-order valence-electron chi connectivity index (χ2n) is 13.1. The van der Waals surface area contributed by atoms with Gasteiger partial charge in [0, 0.05) is 25.3 Å². The number of hydrogen-bond acceptors (Lipinski definition) is 11. The lowest BCUT2D eigenvalue weighted by molar-refractivity contribution is -0.374. The molecular weight excluding hydrogens is 658 g/mol. The highest BCUT2D eigenvalue weighted by Gasteiger charge is 2.85. The first-order valence-corrected chi connectivity index (χ1v) is 16.1. The Kier molecular flexibility index (Phi) is 12.5. The van der Waals surface area contributed by atoms with Gasteiger partial charge in [-0.1, -0.05) is 77.1 Å². The molecule has 1 aromatic rings. The van der Waals surface area contributed by atoms with Crippen molar-refractivity contribution in [2.45, 2.75) is 108 Å². The van der Waals surface area contributed by atoms with E-state index in [1.807, 2.05) is 51.1 Å². The van der Waals surface area contributed by atoms with Gasteiger partial charge in [0.25, 0.3) is 0 Å². The van der Waals surface area contributed by atoms with Crippen molar-refractivity contribution in [2.24, 2.45) is 17.8 Å². The normalized spacial score (nSPS) is 30.1. The summed E-state index contributed by atoms with van der Waals surface area (Å²) in [6.07, 6.45) is -4.83. The summed E-state index contributed by atoms with van der Waals surface area (Å²) in [7, 11) is 0. The number of fused-ring (bicyclic) bond motifs is 2. The lowest BCUT2D eigenvalue weighted by Gasteiger charge is -2.48. The van der Waals surface area contributed by atoms with Crippen LogP contribution in [0.1, 0.15) is 65.9 Å². The third kappa shape index (κ3) is 7.88. The van der Waals surface area contributed by atoms with E-state index in [2.05, 4.69) is 6.58 Å². The van der Waals surface area contributed by atoms with Crippen LogP contribution >= 0.6 is 0 Å². The third-order valence-electron chi connectivity index (χ3n) is 9.29. The van der Waals surface area contributed by atoms with Gasteiger partial charge in [0.05, 0.1) is 0 Å². The highest BCUT2D eigenvalue weighted by Crippen LogP contribution is 2.56. The Hall–Kier alpha value is -4.11. The van der Waals surface area contributed by atoms with Crippen molar-refractivity contribution in [2.75, 3.05) is 0 Å². The Balaban J connectivity index is 2.02. The maximum absolute atomic E-state index is 13.0. The molecule has 2 aliphatic heterocycles. The molecule has 0 saturated carbocycles. The van der Waals surface area contributed by atoms with Gasteiger partial charge >= 0.3 is 29.8 Å². The first-order chi connectivity index (χ1) is 22.9. The van der Waals surface area contributed by atoms with Crippen LogP contribution in [0, 0.1) is 17.8 Å². The monoisotopic (exact) mass is 704 g/mol. The van der Waals surface area contributed by atoms with E-state index in [1.54, 1.807) is 6.92 Å². The van der Waals surface area contributed by atoms with Crippen LogP contribution in [0.4, 0.5) is 0 Å². The van der Waals surface area contributed by atoms with Gasteiger partial charge in [-0.05, 0) is 42.2 Å². The van der Waals surface area contributed by atoms with Crippen LogP contribution in [0.3, 0.4) is 0 Å². The third-order valence-corrected chi connectivity index (χ3v) is 9.29. The zero-order valence-electron chi connectivity index (χ0n) is 28.2. The molecule has 49 heavy (non-hydrogen) atoms. The lowest BCUT2D eigenvalue weighted by atomic mass is 9.74. The van der Waals surface area contributed by atoms with Crippen LogP contribution < -0.4 is 0 Å². The molecule has 2 bridgehead atoms. The number of allylic oxidation sites excluding steroid dienone is 1. The Labute approximate surface area is 284 Å². The highest BCUT2D eigenvalue weighted by molar-refractivity contribution is 5.98. The molecule has 2 fully saturated rings.